The third-order valence-corrected chi connectivity index (χ3v) is 5.81. The van der Waals surface area contributed by atoms with Crippen LogP contribution >= 0.6 is 0 Å². The summed E-state index contributed by atoms with van der Waals surface area (Å²) in [6.07, 6.45) is 8.76. The molecule has 0 spiro atoms. The van der Waals surface area contributed by atoms with Crippen LogP contribution in [0.2, 0.25) is 0 Å². The van der Waals surface area contributed by atoms with E-state index in [0.717, 1.165) is 29.1 Å². The Kier molecular flexibility index (Phi) is 3.14. The first-order valence-electron chi connectivity index (χ1n) is 7.12. The number of unbranched alkanes of at least 4 members (excludes halogenated alkanes) is 3. The van der Waals surface area contributed by atoms with Gasteiger partial charge in [0.05, 0.1) is 0 Å². The van der Waals surface area contributed by atoms with Crippen LogP contribution in [0.15, 0.2) is 0 Å². The first-order valence-corrected chi connectivity index (χ1v) is 7.12. The molecule has 5 atom stereocenters. The van der Waals surface area contributed by atoms with Crippen LogP contribution in [0.3, 0.4) is 0 Å². The highest BCUT2D eigenvalue weighted by molar-refractivity contribution is 5.15. The van der Waals surface area contributed by atoms with Gasteiger partial charge in [0.2, 0.25) is 0 Å². The summed E-state index contributed by atoms with van der Waals surface area (Å²) in [6.45, 7) is 9.87. The average molecular weight is 208 g/mol. The van der Waals surface area contributed by atoms with Crippen molar-refractivity contribution >= 4 is 0 Å². The maximum Gasteiger partial charge on any atom is -0.0241 e. The molecule has 15 heavy (non-hydrogen) atoms. The number of hydrogen-bond donors (Lipinski definition) is 0. The second-order valence-corrected chi connectivity index (χ2v) is 6.41. The molecule has 0 bridgehead atoms. The molecule has 2 aliphatic carbocycles. The van der Waals surface area contributed by atoms with Gasteiger partial charge < -0.3 is 0 Å². The second kappa shape index (κ2) is 4.11. The van der Waals surface area contributed by atoms with Crippen molar-refractivity contribution in [2.75, 3.05) is 0 Å². The zero-order valence-corrected chi connectivity index (χ0v) is 11.1. The van der Waals surface area contributed by atoms with Crippen LogP contribution < -0.4 is 0 Å². The van der Waals surface area contributed by atoms with Gasteiger partial charge in [-0.05, 0) is 35.5 Å². The van der Waals surface area contributed by atoms with E-state index in [2.05, 4.69) is 27.7 Å². The molecular weight excluding hydrogens is 180 g/mol. The Bertz CT molecular complexity index is 220. The molecule has 88 valence electrons. The van der Waals surface area contributed by atoms with Gasteiger partial charge in [0, 0.05) is 0 Å². The van der Waals surface area contributed by atoms with Crippen molar-refractivity contribution in [1.82, 2.24) is 0 Å². The molecule has 2 saturated carbocycles. The third kappa shape index (κ3) is 1.74. The normalized spacial score (nSPS) is 44.4. The molecule has 0 heteroatoms. The largest absolute Gasteiger partial charge is 0.0654 e. The van der Waals surface area contributed by atoms with E-state index in [0.29, 0.717) is 0 Å². The fourth-order valence-electron chi connectivity index (χ4n) is 4.17. The van der Waals surface area contributed by atoms with E-state index in [9.17, 15) is 0 Å². The van der Waals surface area contributed by atoms with Gasteiger partial charge in [0.25, 0.3) is 0 Å². The first kappa shape index (κ1) is 11.5. The van der Waals surface area contributed by atoms with Gasteiger partial charge >= 0.3 is 0 Å². The Balaban J connectivity index is 1.73. The summed E-state index contributed by atoms with van der Waals surface area (Å²) in [5.41, 5.74) is 0.719. The van der Waals surface area contributed by atoms with E-state index in [1.54, 1.807) is 6.42 Å². The Morgan fingerprint density at radius 2 is 2.00 bits per heavy atom. The van der Waals surface area contributed by atoms with Crippen molar-refractivity contribution in [2.45, 2.75) is 66.2 Å². The Hall–Kier alpha value is 0. The zero-order valence-electron chi connectivity index (χ0n) is 11.1. The van der Waals surface area contributed by atoms with Crippen molar-refractivity contribution < 1.29 is 0 Å². The van der Waals surface area contributed by atoms with Crippen molar-refractivity contribution in [1.29, 1.82) is 0 Å². The summed E-state index contributed by atoms with van der Waals surface area (Å²) >= 11 is 0. The summed E-state index contributed by atoms with van der Waals surface area (Å²) in [5, 5.41) is 0. The van der Waals surface area contributed by atoms with Crippen LogP contribution in [0, 0.1) is 29.1 Å². The van der Waals surface area contributed by atoms with Crippen LogP contribution in [-0.2, 0) is 0 Å². The summed E-state index contributed by atoms with van der Waals surface area (Å²) < 4.78 is 0. The highest BCUT2D eigenvalue weighted by atomic mass is 14.7. The predicted octanol–water partition coefficient (Wildman–Crippen LogP) is 4.89. The Morgan fingerprint density at radius 1 is 1.27 bits per heavy atom. The average Bonchev–Trinajstić information content (AvgIpc) is 2.99. The number of hydrogen-bond acceptors (Lipinski definition) is 0. The highest BCUT2D eigenvalue weighted by Gasteiger charge is 2.67. The molecule has 0 aromatic heterocycles. The first-order chi connectivity index (χ1) is 7.12. The molecule has 0 heterocycles. The Morgan fingerprint density at radius 3 is 2.53 bits per heavy atom. The van der Waals surface area contributed by atoms with Gasteiger partial charge in [-0.2, -0.15) is 0 Å². The van der Waals surface area contributed by atoms with E-state index >= 15 is 0 Å². The van der Waals surface area contributed by atoms with Gasteiger partial charge in [0.1, 0.15) is 0 Å². The van der Waals surface area contributed by atoms with Gasteiger partial charge in [0.15, 0.2) is 0 Å². The standard InChI is InChI=1S/C15H28/c1-5-6-7-8-9-11(2)15(4)12(3)13-10-14(13)15/h11-14H,5-10H2,1-4H3. The van der Waals surface area contributed by atoms with Crippen LogP contribution in [0.1, 0.15) is 66.2 Å². The van der Waals surface area contributed by atoms with Gasteiger partial charge in [-0.3, -0.25) is 0 Å². The molecule has 2 fully saturated rings. The lowest BCUT2D eigenvalue weighted by Gasteiger charge is -2.49. The van der Waals surface area contributed by atoms with Gasteiger partial charge in [-0.25, -0.2) is 0 Å². The zero-order chi connectivity index (χ0) is 11.1. The molecule has 2 rings (SSSR count). The SMILES string of the molecule is CCCCCCC(C)C1(C)C(C)C2CC21. The van der Waals surface area contributed by atoms with Crippen LogP contribution in [-0.4, -0.2) is 0 Å². The predicted molar refractivity (Wildman–Crippen MR) is 66.8 cm³/mol. The molecule has 0 N–H and O–H groups in total. The molecule has 0 saturated heterocycles. The lowest BCUT2D eigenvalue weighted by molar-refractivity contribution is -0.0159. The highest BCUT2D eigenvalue weighted by Crippen LogP contribution is 2.73. The molecular formula is C15H28. The van der Waals surface area contributed by atoms with Crippen molar-refractivity contribution in [3.63, 3.8) is 0 Å². The lowest BCUT2D eigenvalue weighted by atomic mass is 9.55. The lowest BCUT2D eigenvalue weighted by Crippen LogP contribution is -2.44. The minimum Gasteiger partial charge on any atom is -0.0654 e. The monoisotopic (exact) mass is 208 g/mol. The number of fused-ring (bicyclic) bond motifs is 1. The van der Waals surface area contributed by atoms with Crippen LogP contribution in [0.4, 0.5) is 0 Å². The van der Waals surface area contributed by atoms with Crippen molar-refractivity contribution in [3.8, 4) is 0 Å². The van der Waals surface area contributed by atoms with E-state index < -0.39 is 0 Å². The second-order valence-electron chi connectivity index (χ2n) is 6.41. The maximum atomic E-state index is 2.57. The topological polar surface area (TPSA) is 0 Å². The van der Waals surface area contributed by atoms with Crippen LogP contribution in [0.5, 0.6) is 0 Å². The summed E-state index contributed by atoms with van der Waals surface area (Å²) in [5.74, 6) is 4.23. The third-order valence-electron chi connectivity index (χ3n) is 5.81. The molecule has 2 aliphatic rings. The van der Waals surface area contributed by atoms with E-state index in [1.165, 1.54) is 32.1 Å². The molecule has 0 aliphatic heterocycles. The van der Waals surface area contributed by atoms with Crippen molar-refractivity contribution in [2.24, 2.45) is 29.1 Å². The van der Waals surface area contributed by atoms with Gasteiger partial charge in [-0.15, -0.1) is 0 Å². The smallest absolute Gasteiger partial charge is 0.0241 e. The molecule has 0 amide bonds. The summed E-state index contributed by atoms with van der Waals surface area (Å²) in [6, 6.07) is 0. The fourth-order valence-corrected chi connectivity index (χ4v) is 4.17. The summed E-state index contributed by atoms with van der Waals surface area (Å²) in [7, 11) is 0. The molecule has 5 unspecified atom stereocenters. The quantitative estimate of drug-likeness (QED) is 0.545. The minimum absolute atomic E-state index is 0.719. The summed E-state index contributed by atoms with van der Waals surface area (Å²) in [4.78, 5) is 0. The van der Waals surface area contributed by atoms with E-state index in [4.69, 9.17) is 0 Å². The van der Waals surface area contributed by atoms with E-state index in [-0.39, 0.29) is 0 Å². The van der Waals surface area contributed by atoms with Crippen LogP contribution in [0.25, 0.3) is 0 Å². The number of rotatable bonds is 6. The maximum absolute atomic E-state index is 2.57. The molecule has 0 aromatic rings. The molecule has 0 radical (unpaired) electrons. The molecule has 0 aromatic carbocycles. The van der Waals surface area contributed by atoms with E-state index in [1.807, 2.05) is 0 Å². The minimum atomic E-state index is 0.719. The van der Waals surface area contributed by atoms with Gasteiger partial charge in [-0.1, -0.05) is 59.8 Å². The fraction of sp³-hybridized carbons (Fsp3) is 1.00. The van der Waals surface area contributed by atoms with Crippen molar-refractivity contribution in [3.05, 3.63) is 0 Å². The molecule has 0 nitrogen and oxygen atoms in total. The Labute approximate surface area is 95.8 Å².